The molecule has 1 aromatic heterocycles. The first kappa shape index (κ1) is 18.4. The fourth-order valence-corrected chi connectivity index (χ4v) is 2.34. The van der Waals surface area contributed by atoms with Gasteiger partial charge in [0, 0.05) is 11.4 Å². The summed E-state index contributed by atoms with van der Waals surface area (Å²) in [4.78, 5) is 17.9. The molecular weight excluding hydrogens is 351 g/mol. The Morgan fingerprint density at radius 3 is 1.96 bits per heavy atom. The van der Waals surface area contributed by atoms with E-state index in [1.807, 2.05) is 30.3 Å². The molecule has 0 unspecified atom stereocenters. The molecule has 0 spiro atoms. The van der Waals surface area contributed by atoms with Crippen LogP contribution >= 0.6 is 0 Å². The van der Waals surface area contributed by atoms with E-state index in [0.717, 1.165) is 23.3 Å². The zero-order chi connectivity index (χ0) is 19.1. The summed E-state index contributed by atoms with van der Waals surface area (Å²) in [6, 6.07) is 14.5. The molecule has 0 amide bonds. The molecule has 3 aromatic rings. The van der Waals surface area contributed by atoms with Gasteiger partial charge in [0.15, 0.2) is 11.6 Å². The van der Waals surface area contributed by atoms with Gasteiger partial charge in [0.1, 0.15) is 0 Å². The predicted octanol–water partition coefficient (Wildman–Crippen LogP) is 4.05. The molecule has 0 fully saturated rings. The van der Waals surface area contributed by atoms with Crippen LogP contribution in [0.15, 0.2) is 54.7 Å². The Labute approximate surface area is 155 Å². The van der Waals surface area contributed by atoms with E-state index in [2.05, 4.69) is 31.6 Å². The fourth-order valence-electron chi connectivity index (χ4n) is 2.34. The van der Waals surface area contributed by atoms with Gasteiger partial charge in [0.25, 0.3) is 0 Å². The molecule has 0 radical (unpaired) electrons. The summed E-state index contributed by atoms with van der Waals surface area (Å²) in [5.74, 6) is -0.270. The van der Waals surface area contributed by atoms with E-state index in [9.17, 15) is 4.39 Å². The molecule has 27 heavy (non-hydrogen) atoms. The lowest BCUT2D eigenvalue weighted by molar-refractivity contribution is 0.271. The van der Waals surface area contributed by atoms with Crippen molar-refractivity contribution in [1.29, 1.82) is 0 Å². The minimum absolute atomic E-state index is 0.0493. The van der Waals surface area contributed by atoms with Crippen LogP contribution in [0.5, 0.6) is 0 Å². The van der Waals surface area contributed by atoms with E-state index in [0.29, 0.717) is 5.69 Å². The summed E-state index contributed by atoms with van der Waals surface area (Å²) in [6.07, 6.45) is 1.10. The standard InChI is InChI=1S/C18H19FN6O2/c1-26-24-14-7-3-5-12(9-14)21-17-16(19)11-20-18(23-17)22-13-6-4-8-15(10-13)25-27-2/h3-11,24-25H,1-2H3,(H2,20,21,22,23). The van der Waals surface area contributed by atoms with E-state index < -0.39 is 5.82 Å². The summed E-state index contributed by atoms with van der Waals surface area (Å²) in [7, 11) is 3.04. The third-order valence-electron chi connectivity index (χ3n) is 3.43. The lowest BCUT2D eigenvalue weighted by atomic mass is 10.3. The molecule has 3 rings (SSSR count). The highest BCUT2D eigenvalue weighted by Gasteiger charge is 2.08. The van der Waals surface area contributed by atoms with Gasteiger partial charge < -0.3 is 10.6 Å². The summed E-state index contributed by atoms with van der Waals surface area (Å²) in [6.45, 7) is 0. The molecule has 0 atom stereocenters. The number of aromatic nitrogens is 2. The van der Waals surface area contributed by atoms with Crippen molar-refractivity contribution in [3.63, 3.8) is 0 Å². The second kappa shape index (κ2) is 8.79. The lowest BCUT2D eigenvalue weighted by Crippen LogP contribution is -2.04. The van der Waals surface area contributed by atoms with Crippen LogP contribution in [0.2, 0.25) is 0 Å². The summed E-state index contributed by atoms with van der Waals surface area (Å²) in [5.41, 5.74) is 8.29. The summed E-state index contributed by atoms with van der Waals surface area (Å²) >= 11 is 0. The van der Waals surface area contributed by atoms with Crippen molar-refractivity contribution in [2.45, 2.75) is 0 Å². The van der Waals surface area contributed by atoms with Gasteiger partial charge in [-0.2, -0.15) is 4.98 Å². The number of benzene rings is 2. The molecular formula is C18H19FN6O2. The lowest BCUT2D eigenvalue weighted by Gasteiger charge is -2.11. The molecule has 1 heterocycles. The van der Waals surface area contributed by atoms with Gasteiger partial charge in [-0.3, -0.25) is 20.6 Å². The van der Waals surface area contributed by atoms with Gasteiger partial charge in [0.2, 0.25) is 5.95 Å². The number of rotatable bonds is 8. The highest BCUT2D eigenvalue weighted by molar-refractivity contribution is 5.65. The largest absolute Gasteiger partial charge is 0.338 e. The van der Waals surface area contributed by atoms with Crippen LogP contribution in [0.25, 0.3) is 0 Å². The monoisotopic (exact) mass is 370 g/mol. The Hall–Kier alpha value is -3.43. The van der Waals surface area contributed by atoms with Crippen LogP contribution in [0.3, 0.4) is 0 Å². The highest BCUT2D eigenvalue weighted by Crippen LogP contribution is 2.23. The van der Waals surface area contributed by atoms with E-state index in [-0.39, 0.29) is 11.8 Å². The maximum atomic E-state index is 14.1. The van der Waals surface area contributed by atoms with Crippen LogP contribution in [-0.4, -0.2) is 24.2 Å². The Morgan fingerprint density at radius 1 is 0.815 bits per heavy atom. The van der Waals surface area contributed by atoms with E-state index in [1.165, 1.54) is 14.2 Å². The van der Waals surface area contributed by atoms with Gasteiger partial charge in [0.05, 0.1) is 31.8 Å². The SMILES string of the molecule is CONc1cccc(Nc2ncc(F)c(Nc3cccc(NOC)c3)n2)c1. The molecule has 140 valence electrons. The van der Waals surface area contributed by atoms with Gasteiger partial charge in [-0.1, -0.05) is 12.1 Å². The number of hydrogen-bond acceptors (Lipinski definition) is 8. The van der Waals surface area contributed by atoms with Gasteiger partial charge >= 0.3 is 0 Å². The Bertz CT molecular complexity index is 909. The van der Waals surface area contributed by atoms with Crippen LogP contribution in [0.1, 0.15) is 0 Å². The highest BCUT2D eigenvalue weighted by atomic mass is 19.1. The minimum Gasteiger partial charge on any atom is -0.338 e. The number of hydrogen-bond donors (Lipinski definition) is 4. The van der Waals surface area contributed by atoms with E-state index in [1.54, 1.807) is 18.2 Å². The average molecular weight is 370 g/mol. The van der Waals surface area contributed by atoms with Crippen LogP contribution in [0, 0.1) is 5.82 Å². The first-order chi connectivity index (χ1) is 13.2. The van der Waals surface area contributed by atoms with Gasteiger partial charge in [-0.25, -0.2) is 9.37 Å². The van der Waals surface area contributed by atoms with Gasteiger partial charge in [-0.15, -0.1) is 0 Å². The smallest absolute Gasteiger partial charge is 0.229 e. The molecule has 0 bridgehead atoms. The Morgan fingerprint density at radius 2 is 1.37 bits per heavy atom. The van der Waals surface area contributed by atoms with Crippen LogP contribution < -0.4 is 21.6 Å². The number of nitrogens with one attached hydrogen (secondary N) is 4. The summed E-state index contributed by atoms with van der Waals surface area (Å²) < 4.78 is 14.1. The molecule has 0 saturated carbocycles. The van der Waals surface area contributed by atoms with E-state index in [4.69, 9.17) is 9.68 Å². The third-order valence-corrected chi connectivity index (χ3v) is 3.43. The Balaban J connectivity index is 1.78. The molecule has 4 N–H and O–H groups in total. The van der Waals surface area contributed by atoms with Crippen LogP contribution in [0.4, 0.5) is 38.9 Å². The van der Waals surface area contributed by atoms with Crippen molar-refractivity contribution in [2.75, 3.05) is 35.8 Å². The fraction of sp³-hybridized carbons (Fsp3) is 0.111. The molecule has 0 aliphatic rings. The third kappa shape index (κ3) is 5.03. The van der Waals surface area contributed by atoms with Crippen LogP contribution in [-0.2, 0) is 9.68 Å². The van der Waals surface area contributed by atoms with Gasteiger partial charge in [-0.05, 0) is 36.4 Å². The number of nitrogens with zero attached hydrogens (tertiary/aromatic N) is 2. The van der Waals surface area contributed by atoms with E-state index >= 15 is 0 Å². The average Bonchev–Trinajstić information content (AvgIpc) is 2.66. The first-order valence-corrected chi connectivity index (χ1v) is 8.02. The maximum Gasteiger partial charge on any atom is 0.229 e. The van der Waals surface area contributed by atoms with Crippen molar-refractivity contribution in [3.8, 4) is 0 Å². The number of anilines is 6. The molecule has 0 aliphatic heterocycles. The minimum atomic E-state index is -0.569. The predicted molar refractivity (Wildman–Crippen MR) is 103 cm³/mol. The first-order valence-electron chi connectivity index (χ1n) is 8.02. The quantitative estimate of drug-likeness (QED) is 0.442. The zero-order valence-electron chi connectivity index (χ0n) is 14.8. The molecule has 0 saturated heterocycles. The maximum absolute atomic E-state index is 14.1. The van der Waals surface area contributed by atoms with Crippen molar-refractivity contribution in [2.24, 2.45) is 0 Å². The second-order valence-electron chi connectivity index (χ2n) is 5.41. The Kier molecular flexibility index (Phi) is 5.98. The normalized spacial score (nSPS) is 10.3. The van der Waals surface area contributed by atoms with Crippen molar-refractivity contribution in [3.05, 3.63) is 60.5 Å². The zero-order valence-corrected chi connectivity index (χ0v) is 14.8. The second-order valence-corrected chi connectivity index (χ2v) is 5.41. The molecule has 0 aliphatic carbocycles. The molecule has 2 aromatic carbocycles. The van der Waals surface area contributed by atoms with Crippen molar-refractivity contribution < 1.29 is 14.1 Å². The van der Waals surface area contributed by atoms with Crippen molar-refractivity contribution in [1.82, 2.24) is 9.97 Å². The van der Waals surface area contributed by atoms with Crippen molar-refractivity contribution >= 4 is 34.5 Å². The summed E-state index contributed by atoms with van der Waals surface area (Å²) in [5, 5.41) is 5.97. The number of halogens is 1. The molecule has 9 heteroatoms. The molecule has 8 nitrogen and oxygen atoms in total. The topological polar surface area (TPSA) is 92.4 Å².